The van der Waals surface area contributed by atoms with E-state index in [0.29, 0.717) is 43.2 Å². The fourth-order valence-electron chi connectivity index (χ4n) is 4.69. The highest BCUT2D eigenvalue weighted by atomic mass is 32.2. The topological polar surface area (TPSA) is 88.2 Å². The van der Waals surface area contributed by atoms with Crippen molar-refractivity contribution in [3.05, 3.63) is 59.2 Å². The highest BCUT2D eigenvalue weighted by Gasteiger charge is 2.38. The van der Waals surface area contributed by atoms with Crippen molar-refractivity contribution in [3.63, 3.8) is 0 Å². The van der Waals surface area contributed by atoms with E-state index in [2.05, 4.69) is 4.72 Å². The Morgan fingerprint density at radius 3 is 2.40 bits per heavy atom. The summed E-state index contributed by atoms with van der Waals surface area (Å²) < 4.78 is 41.8. The highest BCUT2D eigenvalue weighted by molar-refractivity contribution is 7.90. The van der Waals surface area contributed by atoms with Crippen LogP contribution in [0.25, 0.3) is 0 Å². The maximum Gasteiger partial charge on any atom is 0.301 e. The fraction of sp³-hybridized carbons (Fsp3) is 0.500. The number of nitrogens with zero attached hydrogens (tertiary/aromatic N) is 2. The van der Waals surface area contributed by atoms with Crippen LogP contribution in [0.4, 0.5) is 5.69 Å². The molecule has 1 N–H and O–H groups in total. The first-order valence-electron chi connectivity index (χ1n) is 12.2. The van der Waals surface area contributed by atoms with Crippen LogP contribution in [0.5, 0.6) is 5.75 Å². The Morgan fingerprint density at radius 1 is 0.971 bits per heavy atom. The zero-order chi connectivity index (χ0) is 25.0. The molecular weight excluding hydrogens is 466 g/mol. The van der Waals surface area contributed by atoms with E-state index in [-0.39, 0.29) is 18.1 Å². The number of amides is 1. The third-order valence-electron chi connectivity index (χ3n) is 6.70. The molecule has 4 rings (SSSR count). The number of hydrogen-bond donors (Lipinski definition) is 1. The van der Waals surface area contributed by atoms with Gasteiger partial charge in [-0.2, -0.15) is 12.7 Å². The van der Waals surface area contributed by atoms with Crippen LogP contribution < -0.4 is 9.46 Å². The number of benzene rings is 2. The monoisotopic (exact) mass is 501 g/mol. The van der Waals surface area contributed by atoms with E-state index in [9.17, 15) is 13.2 Å². The molecule has 35 heavy (non-hydrogen) atoms. The number of carbonyl (C=O) groups is 1. The van der Waals surface area contributed by atoms with Gasteiger partial charge in [-0.15, -0.1) is 0 Å². The summed E-state index contributed by atoms with van der Waals surface area (Å²) in [4.78, 5) is 15.0. The molecule has 2 saturated heterocycles. The first kappa shape index (κ1) is 25.5. The number of carbonyl (C=O) groups excluding carboxylic acids is 1. The van der Waals surface area contributed by atoms with Crippen molar-refractivity contribution in [2.75, 3.05) is 38.0 Å². The Labute approximate surface area is 208 Å². The molecule has 0 radical (unpaired) electrons. The normalized spacial score (nSPS) is 21.5. The van der Waals surface area contributed by atoms with Crippen LogP contribution >= 0.6 is 0 Å². The van der Waals surface area contributed by atoms with Crippen LogP contribution in [0, 0.1) is 13.8 Å². The standard InChI is InChI=1S/C26H35N3O5S/c1-19-11-12-20(2)23(15-19)26(30)28-17-24(33-3)25(18-28)34-22-10-8-9-21(16-22)27-35(31,32)29-13-6-4-5-7-14-29/h8-12,15-16,24-25,27H,4-7,13-14,17-18H2,1-3H3. The number of ether oxygens (including phenoxy) is 2. The summed E-state index contributed by atoms with van der Waals surface area (Å²) in [7, 11) is -2.02. The van der Waals surface area contributed by atoms with E-state index in [4.69, 9.17) is 9.47 Å². The van der Waals surface area contributed by atoms with Gasteiger partial charge in [0.05, 0.1) is 18.8 Å². The van der Waals surface area contributed by atoms with E-state index in [1.807, 2.05) is 32.0 Å². The van der Waals surface area contributed by atoms with Crippen LogP contribution in [-0.4, -0.2) is 69.0 Å². The molecule has 2 aromatic rings. The van der Waals surface area contributed by atoms with Crippen molar-refractivity contribution in [1.82, 2.24) is 9.21 Å². The van der Waals surface area contributed by atoms with E-state index in [1.54, 1.807) is 36.3 Å². The van der Waals surface area contributed by atoms with Crippen LogP contribution in [0.3, 0.4) is 0 Å². The Balaban J connectivity index is 1.44. The summed E-state index contributed by atoms with van der Waals surface area (Å²) in [5.41, 5.74) is 3.10. The van der Waals surface area contributed by atoms with Gasteiger partial charge in [0.1, 0.15) is 18.0 Å². The molecule has 1 amide bonds. The van der Waals surface area contributed by atoms with E-state index < -0.39 is 10.2 Å². The summed E-state index contributed by atoms with van der Waals surface area (Å²) in [5.74, 6) is 0.479. The first-order chi connectivity index (χ1) is 16.8. The molecule has 2 unspecified atom stereocenters. The lowest BCUT2D eigenvalue weighted by molar-refractivity contribution is 0.0340. The average Bonchev–Trinajstić information content (AvgIpc) is 3.03. The molecule has 8 nitrogen and oxygen atoms in total. The molecule has 2 atom stereocenters. The van der Waals surface area contributed by atoms with Gasteiger partial charge in [-0.25, -0.2) is 0 Å². The van der Waals surface area contributed by atoms with Gasteiger partial charge in [-0.05, 0) is 50.5 Å². The Morgan fingerprint density at radius 2 is 1.69 bits per heavy atom. The van der Waals surface area contributed by atoms with Crippen LogP contribution in [0.1, 0.15) is 47.2 Å². The van der Waals surface area contributed by atoms with E-state index in [0.717, 1.165) is 36.8 Å². The minimum absolute atomic E-state index is 0.0432. The summed E-state index contributed by atoms with van der Waals surface area (Å²) in [6.07, 6.45) is 3.21. The number of nitrogens with one attached hydrogen (secondary N) is 1. The van der Waals surface area contributed by atoms with Crippen molar-refractivity contribution in [3.8, 4) is 5.75 Å². The Hall–Kier alpha value is -2.62. The zero-order valence-electron chi connectivity index (χ0n) is 20.7. The summed E-state index contributed by atoms with van der Waals surface area (Å²) in [5, 5.41) is 0. The van der Waals surface area contributed by atoms with Gasteiger partial charge in [0.15, 0.2) is 0 Å². The van der Waals surface area contributed by atoms with Crippen molar-refractivity contribution in [2.24, 2.45) is 0 Å². The van der Waals surface area contributed by atoms with Crippen molar-refractivity contribution >= 4 is 21.8 Å². The minimum Gasteiger partial charge on any atom is -0.486 e. The molecule has 190 valence electrons. The Kier molecular flexibility index (Phi) is 7.98. The number of anilines is 1. The molecule has 2 heterocycles. The lowest BCUT2D eigenvalue weighted by Crippen LogP contribution is -2.36. The first-order valence-corrected chi connectivity index (χ1v) is 13.6. The van der Waals surface area contributed by atoms with Crippen molar-refractivity contribution < 1.29 is 22.7 Å². The maximum absolute atomic E-state index is 13.2. The highest BCUT2D eigenvalue weighted by Crippen LogP contribution is 2.26. The molecule has 2 fully saturated rings. The molecule has 2 aliphatic rings. The van der Waals surface area contributed by atoms with Gasteiger partial charge in [0.25, 0.3) is 5.91 Å². The summed E-state index contributed by atoms with van der Waals surface area (Å²) >= 11 is 0. The van der Waals surface area contributed by atoms with Crippen molar-refractivity contribution in [1.29, 1.82) is 0 Å². The molecular formula is C26H35N3O5S. The van der Waals surface area contributed by atoms with Gasteiger partial charge in [-0.1, -0.05) is 36.6 Å². The molecule has 0 aliphatic carbocycles. The second-order valence-corrected chi connectivity index (χ2v) is 11.1. The molecule has 2 aromatic carbocycles. The van der Waals surface area contributed by atoms with Gasteiger partial charge < -0.3 is 14.4 Å². The second-order valence-electron chi connectivity index (χ2n) is 9.41. The van der Waals surface area contributed by atoms with Gasteiger partial charge in [-0.3, -0.25) is 9.52 Å². The minimum atomic E-state index is -3.63. The quantitative estimate of drug-likeness (QED) is 0.624. The largest absolute Gasteiger partial charge is 0.486 e. The predicted octanol–water partition coefficient (Wildman–Crippen LogP) is 3.75. The average molecular weight is 502 g/mol. The lowest BCUT2D eigenvalue weighted by Gasteiger charge is -2.22. The molecule has 2 aliphatic heterocycles. The van der Waals surface area contributed by atoms with E-state index >= 15 is 0 Å². The smallest absolute Gasteiger partial charge is 0.301 e. The number of hydrogen-bond acceptors (Lipinski definition) is 5. The number of aryl methyl sites for hydroxylation is 2. The molecule has 9 heteroatoms. The number of rotatable bonds is 7. The zero-order valence-corrected chi connectivity index (χ0v) is 21.5. The van der Waals surface area contributed by atoms with Crippen LogP contribution in [0.2, 0.25) is 0 Å². The van der Waals surface area contributed by atoms with Gasteiger partial charge >= 0.3 is 10.2 Å². The van der Waals surface area contributed by atoms with E-state index in [1.165, 1.54) is 4.31 Å². The third-order valence-corrected chi connectivity index (χ3v) is 8.24. The maximum atomic E-state index is 13.2. The Bertz CT molecular complexity index is 1150. The van der Waals surface area contributed by atoms with Crippen LogP contribution in [0.15, 0.2) is 42.5 Å². The second kappa shape index (κ2) is 11.0. The SMILES string of the molecule is COC1CN(C(=O)c2cc(C)ccc2C)CC1Oc1cccc(NS(=O)(=O)N2CCCCCC2)c1. The molecule has 0 spiro atoms. The fourth-order valence-corrected chi connectivity index (χ4v) is 5.98. The number of likely N-dealkylation sites (tertiary alicyclic amines) is 1. The van der Waals surface area contributed by atoms with Crippen molar-refractivity contribution in [2.45, 2.75) is 51.7 Å². The summed E-state index contributed by atoms with van der Waals surface area (Å²) in [6.45, 7) is 5.78. The van der Waals surface area contributed by atoms with Gasteiger partial charge in [0.2, 0.25) is 0 Å². The predicted molar refractivity (Wildman–Crippen MR) is 136 cm³/mol. The van der Waals surface area contributed by atoms with Crippen LogP contribution in [-0.2, 0) is 14.9 Å². The third kappa shape index (κ3) is 6.15. The van der Waals surface area contributed by atoms with Gasteiger partial charge in [0, 0.05) is 31.8 Å². The molecule has 0 saturated carbocycles. The summed E-state index contributed by atoms with van der Waals surface area (Å²) in [6, 6.07) is 12.8. The number of methoxy groups -OCH3 is 1. The molecule has 0 bridgehead atoms. The molecule has 0 aromatic heterocycles. The lowest BCUT2D eigenvalue weighted by atomic mass is 10.0.